The molecule has 0 bridgehead atoms. The van der Waals surface area contributed by atoms with Crippen LogP contribution in [0.25, 0.3) is 11.5 Å². The Morgan fingerprint density at radius 1 is 1.06 bits per heavy atom. The number of carbonyl (C=O) groups excluding carboxylic acids is 2. The smallest absolute Gasteiger partial charge is 0.247 e. The maximum Gasteiger partial charge on any atom is 0.247 e. The third-order valence-corrected chi connectivity index (χ3v) is 5.64. The van der Waals surface area contributed by atoms with Crippen LogP contribution in [0, 0.1) is 5.82 Å². The molecule has 1 saturated heterocycles. The number of carbonyl (C=O) groups is 2. The van der Waals surface area contributed by atoms with E-state index in [0.717, 1.165) is 12.8 Å². The van der Waals surface area contributed by atoms with E-state index < -0.39 is 0 Å². The number of benzene rings is 2. The monoisotopic (exact) mass is 441 g/mol. The molecular formula is C23H21ClFN3O3. The molecule has 0 radical (unpaired) electrons. The van der Waals surface area contributed by atoms with Gasteiger partial charge in [0.25, 0.3) is 0 Å². The number of amides is 1. The van der Waals surface area contributed by atoms with Crippen LogP contribution in [0.4, 0.5) is 4.39 Å². The maximum atomic E-state index is 13.1. The van der Waals surface area contributed by atoms with E-state index in [1.807, 2.05) is 0 Å². The average Bonchev–Trinajstić information content (AvgIpc) is 3.28. The van der Waals surface area contributed by atoms with Crippen LogP contribution in [-0.2, 0) is 4.79 Å². The molecule has 1 unspecified atom stereocenters. The summed E-state index contributed by atoms with van der Waals surface area (Å²) in [5, 5.41) is 8.77. The minimum Gasteiger partial charge on any atom is -0.420 e. The van der Waals surface area contributed by atoms with Crippen molar-refractivity contribution < 1.29 is 18.4 Å². The molecule has 1 aliphatic rings. The van der Waals surface area contributed by atoms with Crippen LogP contribution in [0.15, 0.2) is 52.9 Å². The van der Waals surface area contributed by atoms with Crippen molar-refractivity contribution in [1.82, 2.24) is 15.1 Å². The molecule has 2 aromatic carbocycles. The summed E-state index contributed by atoms with van der Waals surface area (Å²) >= 11 is 5.85. The van der Waals surface area contributed by atoms with Crippen LogP contribution >= 0.6 is 11.6 Å². The summed E-state index contributed by atoms with van der Waals surface area (Å²) in [5.74, 6) is 0.247. The first-order valence-corrected chi connectivity index (χ1v) is 10.5. The van der Waals surface area contributed by atoms with Crippen molar-refractivity contribution >= 4 is 23.3 Å². The lowest BCUT2D eigenvalue weighted by molar-refractivity contribution is -0.132. The van der Waals surface area contributed by atoms with Gasteiger partial charge in [0.15, 0.2) is 5.78 Å². The molecule has 1 amide bonds. The lowest BCUT2D eigenvalue weighted by Gasteiger charge is -2.31. The third-order valence-electron chi connectivity index (χ3n) is 5.39. The summed E-state index contributed by atoms with van der Waals surface area (Å²) in [4.78, 5) is 26.7. The molecule has 4 rings (SSSR count). The number of Topliss-reactive ketones (excluding diaryl/α,β-unsaturated/α-hetero) is 1. The Balaban J connectivity index is 1.35. The zero-order valence-corrected chi connectivity index (χ0v) is 17.5. The first kappa shape index (κ1) is 21.2. The van der Waals surface area contributed by atoms with E-state index in [1.165, 1.54) is 12.1 Å². The highest BCUT2D eigenvalue weighted by molar-refractivity contribution is 6.30. The first-order valence-electron chi connectivity index (χ1n) is 10.2. The fraction of sp³-hybridized carbons (Fsp3) is 0.304. The molecular weight excluding hydrogens is 421 g/mol. The second kappa shape index (κ2) is 9.39. The van der Waals surface area contributed by atoms with Crippen LogP contribution in [0.3, 0.4) is 0 Å². The molecule has 6 nitrogen and oxygen atoms in total. The zero-order valence-electron chi connectivity index (χ0n) is 16.8. The van der Waals surface area contributed by atoms with Gasteiger partial charge in [0.05, 0.1) is 5.92 Å². The number of halogens is 2. The number of hydrogen-bond acceptors (Lipinski definition) is 5. The summed E-state index contributed by atoms with van der Waals surface area (Å²) in [6.45, 7) is 1.11. The molecule has 1 atom stereocenters. The Morgan fingerprint density at radius 2 is 1.81 bits per heavy atom. The number of ketones is 1. The number of aromatic nitrogens is 2. The number of piperidine rings is 1. The van der Waals surface area contributed by atoms with Crippen molar-refractivity contribution in [2.45, 2.75) is 31.6 Å². The van der Waals surface area contributed by atoms with E-state index in [4.69, 9.17) is 16.0 Å². The van der Waals surface area contributed by atoms with Crippen molar-refractivity contribution in [3.05, 3.63) is 70.8 Å². The van der Waals surface area contributed by atoms with E-state index in [0.29, 0.717) is 41.0 Å². The number of nitrogens with zero attached hydrogens (tertiary/aromatic N) is 3. The molecule has 0 spiro atoms. The van der Waals surface area contributed by atoms with Crippen LogP contribution in [0.5, 0.6) is 0 Å². The lowest BCUT2D eigenvalue weighted by atomic mass is 9.97. The van der Waals surface area contributed by atoms with Gasteiger partial charge in [-0.05, 0) is 61.4 Å². The number of rotatable bonds is 6. The topological polar surface area (TPSA) is 76.3 Å². The van der Waals surface area contributed by atoms with Crippen molar-refractivity contribution in [2.24, 2.45) is 0 Å². The average molecular weight is 442 g/mol. The predicted molar refractivity (Wildman–Crippen MR) is 113 cm³/mol. The standard InChI is InChI=1S/C23H21ClFN3O3/c24-18-7-3-15(4-8-18)20(29)11-12-21(30)28-13-1-2-17(14-28)23-27-26-22(31-23)16-5-9-19(25)10-6-16/h3-10,17H,1-2,11-14H2. The maximum absolute atomic E-state index is 13.1. The fourth-order valence-electron chi connectivity index (χ4n) is 3.67. The Bertz CT molecular complexity index is 1070. The molecule has 2 heterocycles. The summed E-state index contributed by atoms with van der Waals surface area (Å²) in [7, 11) is 0. The highest BCUT2D eigenvalue weighted by atomic mass is 35.5. The second-order valence-corrected chi connectivity index (χ2v) is 8.00. The van der Waals surface area contributed by atoms with Gasteiger partial charge in [-0.25, -0.2) is 4.39 Å². The normalized spacial score (nSPS) is 16.3. The number of hydrogen-bond donors (Lipinski definition) is 0. The third kappa shape index (κ3) is 5.17. The summed E-state index contributed by atoms with van der Waals surface area (Å²) in [6.07, 6.45) is 1.95. The molecule has 8 heteroatoms. The van der Waals surface area contributed by atoms with E-state index in [2.05, 4.69) is 10.2 Å². The molecule has 1 aromatic heterocycles. The van der Waals surface area contributed by atoms with Gasteiger partial charge in [-0.2, -0.15) is 0 Å². The van der Waals surface area contributed by atoms with Gasteiger partial charge in [0, 0.05) is 42.1 Å². The van der Waals surface area contributed by atoms with Gasteiger partial charge < -0.3 is 9.32 Å². The quantitative estimate of drug-likeness (QED) is 0.508. The van der Waals surface area contributed by atoms with Gasteiger partial charge in [-0.15, -0.1) is 10.2 Å². The van der Waals surface area contributed by atoms with Gasteiger partial charge in [0.2, 0.25) is 17.7 Å². The van der Waals surface area contributed by atoms with E-state index in [-0.39, 0.29) is 36.3 Å². The van der Waals surface area contributed by atoms with Crippen LogP contribution in [0.1, 0.15) is 47.8 Å². The molecule has 0 aliphatic carbocycles. The van der Waals surface area contributed by atoms with Gasteiger partial charge >= 0.3 is 0 Å². The highest BCUT2D eigenvalue weighted by Crippen LogP contribution is 2.29. The first-order chi connectivity index (χ1) is 15.0. The van der Waals surface area contributed by atoms with Gasteiger partial charge in [-0.3, -0.25) is 9.59 Å². The van der Waals surface area contributed by atoms with Crippen LogP contribution in [-0.4, -0.2) is 39.9 Å². The molecule has 1 aliphatic heterocycles. The molecule has 0 N–H and O–H groups in total. The van der Waals surface area contributed by atoms with Crippen LogP contribution in [0.2, 0.25) is 5.02 Å². The Morgan fingerprint density at radius 3 is 2.55 bits per heavy atom. The van der Waals surface area contributed by atoms with Crippen molar-refractivity contribution in [3.8, 4) is 11.5 Å². The minimum atomic E-state index is -0.334. The van der Waals surface area contributed by atoms with Crippen molar-refractivity contribution in [1.29, 1.82) is 0 Å². The van der Waals surface area contributed by atoms with E-state index >= 15 is 0 Å². The SMILES string of the molecule is O=C(CCC(=O)N1CCCC(c2nnc(-c3ccc(F)cc3)o2)C1)c1ccc(Cl)cc1. The molecule has 0 saturated carbocycles. The van der Waals surface area contributed by atoms with E-state index in [1.54, 1.807) is 41.3 Å². The Hall–Kier alpha value is -3.06. The van der Waals surface area contributed by atoms with Gasteiger partial charge in [0.1, 0.15) is 5.82 Å². The lowest BCUT2D eigenvalue weighted by Crippen LogP contribution is -2.39. The van der Waals surface area contributed by atoms with Crippen molar-refractivity contribution in [3.63, 3.8) is 0 Å². The summed E-state index contributed by atoms with van der Waals surface area (Å²) < 4.78 is 18.9. The number of likely N-dealkylation sites (tertiary alicyclic amines) is 1. The minimum absolute atomic E-state index is 0.0636. The van der Waals surface area contributed by atoms with Gasteiger partial charge in [-0.1, -0.05) is 11.6 Å². The second-order valence-electron chi connectivity index (χ2n) is 7.56. The largest absolute Gasteiger partial charge is 0.420 e. The zero-order chi connectivity index (χ0) is 21.8. The molecule has 3 aromatic rings. The fourth-order valence-corrected chi connectivity index (χ4v) is 3.80. The Labute approximate surface area is 184 Å². The van der Waals surface area contributed by atoms with Crippen LogP contribution < -0.4 is 0 Å². The van der Waals surface area contributed by atoms with E-state index in [9.17, 15) is 14.0 Å². The molecule has 160 valence electrons. The summed E-state index contributed by atoms with van der Waals surface area (Å²) in [5.41, 5.74) is 1.19. The Kier molecular flexibility index (Phi) is 6.42. The molecule has 1 fully saturated rings. The summed E-state index contributed by atoms with van der Waals surface area (Å²) in [6, 6.07) is 12.5. The van der Waals surface area contributed by atoms with Crippen molar-refractivity contribution in [2.75, 3.05) is 13.1 Å². The predicted octanol–water partition coefficient (Wildman–Crippen LogP) is 4.90. The molecule has 31 heavy (non-hydrogen) atoms. The highest BCUT2D eigenvalue weighted by Gasteiger charge is 2.28.